The molecule has 0 fully saturated rings. The molecule has 0 unspecified atom stereocenters. The molecule has 7 heteroatoms. The Morgan fingerprint density at radius 1 is 1.53 bits per heavy atom. The molecule has 2 aromatic rings. The Balaban J connectivity index is 1.78. The van der Waals surface area contributed by atoms with Gasteiger partial charge in [-0.05, 0) is 19.4 Å². The fourth-order valence-electron chi connectivity index (χ4n) is 1.83. The number of nitrogens with two attached hydrogens (primary N) is 1. The molecule has 0 atom stereocenters. The van der Waals surface area contributed by atoms with E-state index in [1.165, 1.54) is 4.68 Å². The average molecular weight is 262 g/mol. The van der Waals surface area contributed by atoms with Crippen LogP contribution in [0.4, 0.5) is 5.69 Å². The molecule has 0 aliphatic carbocycles. The number of hydrogen-bond acceptors (Lipinski definition) is 4. The monoisotopic (exact) mass is 262 g/mol. The van der Waals surface area contributed by atoms with Crippen molar-refractivity contribution < 1.29 is 4.79 Å². The van der Waals surface area contributed by atoms with Gasteiger partial charge in [0.15, 0.2) is 5.69 Å². The summed E-state index contributed by atoms with van der Waals surface area (Å²) in [5.74, 6) is -0.240. The first kappa shape index (κ1) is 13.1. The van der Waals surface area contributed by atoms with Gasteiger partial charge in [0.1, 0.15) is 0 Å². The van der Waals surface area contributed by atoms with Crippen LogP contribution in [0.2, 0.25) is 0 Å². The molecule has 0 aromatic carbocycles. The molecule has 0 aliphatic heterocycles. The molecule has 0 bridgehead atoms. The summed E-state index contributed by atoms with van der Waals surface area (Å²) in [6, 6.07) is 1.95. The molecule has 0 saturated carbocycles. The lowest BCUT2D eigenvalue weighted by molar-refractivity contribution is 0.0948. The van der Waals surface area contributed by atoms with E-state index < -0.39 is 0 Å². The maximum atomic E-state index is 11.8. The molecule has 1 amide bonds. The molecule has 0 aliphatic rings. The summed E-state index contributed by atoms with van der Waals surface area (Å²) in [5.41, 5.74) is 7.46. The van der Waals surface area contributed by atoms with Crippen molar-refractivity contribution in [1.29, 1.82) is 0 Å². The lowest BCUT2D eigenvalue weighted by Gasteiger charge is -2.05. The number of anilines is 1. The van der Waals surface area contributed by atoms with Crippen LogP contribution >= 0.6 is 0 Å². The predicted octanol–water partition coefficient (Wildman–Crippen LogP) is 0.327. The molecule has 2 aromatic heterocycles. The molecule has 0 spiro atoms. The molecule has 3 N–H and O–H groups in total. The highest BCUT2D eigenvalue weighted by Crippen LogP contribution is 2.07. The van der Waals surface area contributed by atoms with Gasteiger partial charge in [-0.2, -0.15) is 10.2 Å². The van der Waals surface area contributed by atoms with Crippen LogP contribution in [-0.2, 0) is 13.6 Å². The summed E-state index contributed by atoms with van der Waals surface area (Å²) in [5, 5.41) is 11.0. The van der Waals surface area contributed by atoms with Crippen molar-refractivity contribution in [2.75, 3.05) is 12.3 Å². The number of aromatic nitrogens is 4. The van der Waals surface area contributed by atoms with Crippen molar-refractivity contribution in [2.24, 2.45) is 7.05 Å². The first-order chi connectivity index (χ1) is 9.08. The quantitative estimate of drug-likeness (QED) is 0.760. The van der Waals surface area contributed by atoms with E-state index >= 15 is 0 Å². The lowest BCUT2D eigenvalue weighted by atomic mass is 10.3. The Bertz CT molecular complexity index is 571. The van der Waals surface area contributed by atoms with Gasteiger partial charge < -0.3 is 11.1 Å². The number of carbonyl (C=O) groups excluding carboxylic acids is 1. The van der Waals surface area contributed by atoms with Crippen molar-refractivity contribution in [3.05, 3.63) is 29.8 Å². The number of carbonyl (C=O) groups is 1. The second kappa shape index (κ2) is 5.55. The van der Waals surface area contributed by atoms with E-state index in [-0.39, 0.29) is 11.6 Å². The maximum Gasteiger partial charge on any atom is 0.273 e. The maximum absolute atomic E-state index is 11.8. The lowest BCUT2D eigenvalue weighted by Crippen LogP contribution is -2.26. The largest absolute Gasteiger partial charge is 0.396 e. The highest BCUT2D eigenvalue weighted by molar-refractivity contribution is 5.96. The summed E-state index contributed by atoms with van der Waals surface area (Å²) in [6.45, 7) is 3.34. The number of hydrogen-bond donors (Lipinski definition) is 2. The van der Waals surface area contributed by atoms with E-state index in [9.17, 15) is 4.79 Å². The van der Waals surface area contributed by atoms with Crippen molar-refractivity contribution in [2.45, 2.75) is 19.9 Å². The average Bonchev–Trinajstić information content (AvgIpc) is 2.91. The van der Waals surface area contributed by atoms with Crippen molar-refractivity contribution >= 4 is 11.6 Å². The molecule has 19 heavy (non-hydrogen) atoms. The standard InChI is InChI=1S/C12H18N6O/c1-9-4-6-15-18(9)7-3-5-14-12(19)11-10(13)8-17(2)16-11/h4,6,8H,3,5,7,13H2,1-2H3,(H,14,19). The molecular formula is C12H18N6O. The molecule has 2 rings (SSSR count). The zero-order valence-electron chi connectivity index (χ0n) is 11.1. The first-order valence-corrected chi connectivity index (χ1v) is 6.13. The Morgan fingerprint density at radius 2 is 2.32 bits per heavy atom. The van der Waals surface area contributed by atoms with Gasteiger partial charge in [-0.25, -0.2) is 0 Å². The van der Waals surface area contributed by atoms with Crippen LogP contribution in [-0.4, -0.2) is 32.0 Å². The highest BCUT2D eigenvalue weighted by atomic mass is 16.1. The number of nitrogen functional groups attached to an aromatic ring is 1. The predicted molar refractivity (Wildman–Crippen MR) is 71.5 cm³/mol. The van der Waals surface area contributed by atoms with E-state index in [1.54, 1.807) is 19.4 Å². The third-order valence-corrected chi connectivity index (χ3v) is 2.83. The Kier molecular flexibility index (Phi) is 3.84. The second-order valence-electron chi connectivity index (χ2n) is 4.41. The van der Waals surface area contributed by atoms with Gasteiger partial charge in [0.25, 0.3) is 5.91 Å². The Morgan fingerprint density at radius 3 is 2.89 bits per heavy atom. The van der Waals surface area contributed by atoms with Gasteiger partial charge in [-0.15, -0.1) is 0 Å². The number of nitrogens with one attached hydrogen (secondary N) is 1. The van der Waals surface area contributed by atoms with Gasteiger partial charge in [-0.1, -0.05) is 0 Å². The van der Waals surface area contributed by atoms with E-state index in [0.29, 0.717) is 12.2 Å². The number of rotatable bonds is 5. The molecular weight excluding hydrogens is 244 g/mol. The summed E-state index contributed by atoms with van der Waals surface area (Å²) < 4.78 is 3.43. The third-order valence-electron chi connectivity index (χ3n) is 2.83. The van der Waals surface area contributed by atoms with Gasteiger partial charge >= 0.3 is 0 Å². The van der Waals surface area contributed by atoms with E-state index in [4.69, 9.17) is 5.73 Å². The molecule has 102 valence electrons. The molecule has 0 radical (unpaired) electrons. The third kappa shape index (κ3) is 3.12. The normalized spacial score (nSPS) is 10.6. The Labute approximate surface area is 111 Å². The minimum absolute atomic E-state index is 0.240. The van der Waals surface area contributed by atoms with Crippen LogP contribution in [0.3, 0.4) is 0 Å². The van der Waals surface area contributed by atoms with Gasteiger partial charge in [0, 0.05) is 38.2 Å². The van der Waals surface area contributed by atoms with Crippen LogP contribution < -0.4 is 11.1 Å². The number of aryl methyl sites for hydroxylation is 3. The summed E-state index contributed by atoms with van der Waals surface area (Å²) in [6.07, 6.45) is 4.19. The minimum Gasteiger partial charge on any atom is -0.396 e. The van der Waals surface area contributed by atoms with Crippen LogP contribution in [0.25, 0.3) is 0 Å². The highest BCUT2D eigenvalue weighted by Gasteiger charge is 2.12. The summed E-state index contributed by atoms with van der Waals surface area (Å²) >= 11 is 0. The van der Waals surface area contributed by atoms with Gasteiger partial charge in [0.2, 0.25) is 0 Å². The second-order valence-corrected chi connectivity index (χ2v) is 4.41. The van der Waals surface area contributed by atoms with Gasteiger partial charge in [-0.3, -0.25) is 14.2 Å². The summed E-state index contributed by atoms with van der Waals surface area (Å²) in [4.78, 5) is 11.8. The zero-order valence-corrected chi connectivity index (χ0v) is 11.1. The molecule has 2 heterocycles. The van der Waals surface area contributed by atoms with Gasteiger partial charge in [0.05, 0.1) is 5.69 Å². The van der Waals surface area contributed by atoms with Crippen molar-refractivity contribution in [3.8, 4) is 0 Å². The fourth-order valence-corrected chi connectivity index (χ4v) is 1.83. The van der Waals surface area contributed by atoms with Crippen molar-refractivity contribution in [1.82, 2.24) is 24.9 Å². The first-order valence-electron chi connectivity index (χ1n) is 6.13. The smallest absolute Gasteiger partial charge is 0.273 e. The minimum atomic E-state index is -0.240. The zero-order chi connectivity index (χ0) is 13.8. The molecule has 7 nitrogen and oxygen atoms in total. The van der Waals surface area contributed by atoms with E-state index in [2.05, 4.69) is 15.5 Å². The van der Waals surface area contributed by atoms with Crippen LogP contribution in [0.15, 0.2) is 18.5 Å². The van der Waals surface area contributed by atoms with E-state index in [1.807, 2.05) is 17.7 Å². The van der Waals surface area contributed by atoms with Crippen molar-refractivity contribution in [3.63, 3.8) is 0 Å². The summed E-state index contributed by atoms with van der Waals surface area (Å²) in [7, 11) is 1.73. The fraction of sp³-hybridized carbons (Fsp3) is 0.417. The SMILES string of the molecule is Cc1ccnn1CCCNC(=O)c1nn(C)cc1N. The van der Waals surface area contributed by atoms with E-state index in [0.717, 1.165) is 18.7 Å². The number of amides is 1. The van der Waals surface area contributed by atoms with Crippen LogP contribution in [0.1, 0.15) is 22.6 Å². The topological polar surface area (TPSA) is 90.8 Å². The Hall–Kier alpha value is -2.31. The number of nitrogens with zero attached hydrogens (tertiary/aromatic N) is 4. The van der Waals surface area contributed by atoms with Crippen LogP contribution in [0.5, 0.6) is 0 Å². The van der Waals surface area contributed by atoms with Crippen LogP contribution in [0, 0.1) is 6.92 Å². The molecule has 0 saturated heterocycles.